The number of ether oxygens (including phenoxy) is 3. The van der Waals surface area contributed by atoms with Gasteiger partial charge in [-0.05, 0) is 57.2 Å². The number of phenolic OH excluding ortho intramolecular Hbond substituents is 1. The minimum atomic E-state index is -0.971. The second-order valence-corrected chi connectivity index (χ2v) is 8.82. The predicted molar refractivity (Wildman–Crippen MR) is 125 cm³/mol. The van der Waals surface area contributed by atoms with Crippen molar-refractivity contribution in [3.05, 3.63) is 46.3 Å². The molecule has 1 heterocycles. The molecule has 3 rings (SSSR count). The largest absolute Gasteiger partial charge is 0.504 e. The first-order valence-corrected chi connectivity index (χ1v) is 11.6. The van der Waals surface area contributed by atoms with Crippen LogP contribution in [0.1, 0.15) is 58.9 Å². The minimum Gasteiger partial charge on any atom is -0.504 e. The molecule has 184 valence electrons. The first-order valence-electron chi connectivity index (χ1n) is 11.6. The van der Waals surface area contributed by atoms with Crippen molar-refractivity contribution in [1.29, 1.82) is 0 Å². The zero-order valence-electron chi connectivity index (χ0n) is 20.6. The van der Waals surface area contributed by atoms with Crippen LogP contribution in [0.3, 0.4) is 0 Å². The van der Waals surface area contributed by atoms with E-state index in [-0.39, 0.29) is 29.3 Å². The number of carbonyl (C=O) groups excluding carboxylic acids is 3. The summed E-state index contributed by atoms with van der Waals surface area (Å²) in [5, 5.41) is 13.5. The van der Waals surface area contributed by atoms with Crippen molar-refractivity contribution in [3.8, 4) is 11.5 Å². The molecular weight excluding hydrogens is 438 g/mol. The molecule has 1 aromatic rings. The molecule has 8 nitrogen and oxygen atoms in total. The van der Waals surface area contributed by atoms with E-state index < -0.39 is 23.8 Å². The smallest absolute Gasteiger partial charge is 0.337 e. The van der Waals surface area contributed by atoms with Crippen molar-refractivity contribution in [2.45, 2.75) is 59.5 Å². The van der Waals surface area contributed by atoms with Gasteiger partial charge in [0.2, 0.25) is 0 Å². The van der Waals surface area contributed by atoms with E-state index in [9.17, 15) is 19.5 Å². The third-order valence-corrected chi connectivity index (χ3v) is 6.46. The number of phenols is 1. The molecule has 0 radical (unpaired) electrons. The lowest BCUT2D eigenvalue weighted by atomic mass is 9.69. The number of hydrogen-bond acceptors (Lipinski definition) is 8. The van der Waals surface area contributed by atoms with Crippen LogP contribution in [-0.2, 0) is 23.9 Å². The Morgan fingerprint density at radius 3 is 2.59 bits per heavy atom. The zero-order valence-corrected chi connectivity index (χ0v) is 20.6. The predicted octanol–water partition coefficient (Wildman–Crippen LogP) is 3.75. The highest BCUT2D eigenvalue weighted by Gasteiger charge is 2.47. The lowest BCUT2D eigenvalue weighted by Crippen LogP contribution is -2.43. The molecule has 4 atom stereocenters. The average Bonchev–Trinajstić information content (AvgIpc) is 2.79. The average molecular weight is 472 g/mol. The molecule has 34 heavy (non-hydrogen) atoms. The molecule has 1 aliphatic heterocycles. The van der Waals surface area contributed by atoms with E-state index in [4.69, 9.17) is 14.2 Å². The van der Waals surface area contributed by atoms with Gasteiger partial charge < -0.3 is 24.6 Å². The fraction of sp³-hybridized carbons (Fsp3) is 0.500. The third kappa shape index (κ3) is 4.67. The third-order valence-electron chi connectivity index (χ3n) is 6.46. The maximum absolute atomic E-state index is 13.7. The summed E-state index contributed by atoms with van der Waals surface area (Å²) in [5.41, 5.74) is 2.46. The molecule has 1 aliphatic carbocycles. The van der Waals surface area contributed by atoms with Gasteiger partial charge in [-0.25, -0.2) is 4.79 Å². The molecule has 0 saturated carbocycles. The van der Waals surface area contributed by atoms with Crippen molar-refractivity contribution in [2.24, 2.45) is 11.8 Å². The fourth-order valence-corrected chi connectivity index (χ4v) is 4.60. The second kappa shape index (κ2) is 10.3. The van der Waals surface area contributed by atoms with Crippen molar-refractivity contribution < 1.29 is 33.7 Å². The number of aromatic hydroxyl groups is 1. The summed E-state index contributed by atoms with van der Waals surface area (Å²) in [6, 6.07) is 4.76. The van der Waals surface area contributed by atoms with Crippen LogP contribution in [0.15, 0.2) is 40.7 Å². The number of esters is 2. The number of nitrogens with one attached hydrogen (secondary N) is 1. The Morgan fingerprint density at radius 2 is 1.97 bits per heavy atom. The highest BCUT2D eigenvalue weighted by atomic mass is 16.5. The van der Waals surface area contributed by atoms with Crippen LogP contribution in [0.2, 0.25) is 0 Å². The van der Waals surface area contributed by atoms with Gasteiger partial charge in [0, 0.05) is 22.9 Å². The SMILES string of the molecule is CCOc1cc([C@H]2C(C(=O)O[C@@H](C)CC)=C(C)NC3=C2C(=O)[C@@H](C(=O)OC)[C@@H](C)C3)ccc1O. The maximum atomic E-state index is 13.7. The molecule has 0 spiro atoms. The number of benzene rings is 1. The fourth-order valence-electron chi connectivity index (χ4n) is 4.60. The maximum Gasteiger partial charge on any atom is 0.337 e. The lowest BCUT2D eigenvalue weighted by Gasteiger charge is -2.38. The first kappa shape index (κ1) is 25.3. The Bertz CT molecular complexity index is 1060. The lowest BCUT2D eigenvalue weighted by molar-refractivity contribution is -0.151. The van der Waals surface area contributed by atoms with Crippen LogP contribution < -0.4 is 10.1 Å². The Hall–Kier alpha value is -3.29. The molecule has 1 aromatic carbocycles. The van der Waals surface area contributed by atoms with Gasteiger partial charge in [0.05, 0.1) is 25.4 Å². The Balaban J connectivity index is 2.20. The van der Waals surface area contributed by atoms with Crippen LogP contribution in [0.4, 0.5) is 0 Å². The van der Waals surface area contributed by atoms with E-state index in [2.05, 4.69) is 5.32 Å². The molecule has 2 aliphatic rings. The van der Waals surface area contributed by atoms with Gasteiger partial charge in [-0.1, -0.05) is 19.9 Å². The van der Waals surface area contributed by atoms with E-state index in [0.717, 1.165) is 0 Å². The number of allylic oxidation sites excluding steroid dienone is 3. The van der Waals surface area contributed by atoms with Crippen LogP contribution in [-0.4, -0.2) is 42.6 Å². The first-order chi connectivity index (χ1) is 16.1. The van der Waals surface area contributed by atoms with Crippen LogP contribution in [0, 0.1) is 11.8 Å². The van der Waals surface area contributed by atoms with Gasteiger partial charge in [-0.15, -0.1) is 0 Å². The van der Waals surface area contributed by atoms with Crippen LogP contribution in [0.5, 0.6) is 11.5 Å². The number of Topliss-reactive ketones (excluding diaryl/α,β-unsaturated/α-hetero) is 1. The quantitative estimate of drug-likeness (QED) is 0.457. The number of rotatable bonds is 7. The van der Waals surface area contributed by atoms with Gasteiger partial charge in [0.15, 0.2) is 17.3 Å². The van der Waals surface area contributed by atoms with Crippen molar-refractivity contribution in [2.75, 3.05) is 13.7 Å². The Morgan fingerprint density at radius 1 is 1.26 bits per heavy atom. The summed E-state index contributed by atoms with van der Waals surface area (Å²) in [4.78, 5) is 39.6. The zero-order chi connectivity index (χ0) is 25.2. The molecule has 2 N–H and O–H groups in total. The highest BCUT2D eigenvalue weighted by molar-refractivity contribution is 6.12. The van der Waals surface area contributed by atoms with E-state index in [1.165, 1.54) is 13.2 Å². The number of ketones is 1. The second-order valence-electron chi connectivity index (χ2n) is 8.82. The van der Waals surface area contributed by atoms with Crippen LogP contribution >= 0.6 is 0 Å². The molecule has 0 saturated heterocycles. The normalized spacial score (nSPS) is 23.1. The van der Waals surface area contributed by atoms with E-state index in [1.807, 2.05) is 13.8 Å². The molecule has 0 amide bonds. The molecule has 0 fully saturated rings. The van der Waals surface area contributed by atoms with Crippen molar-refractivity contribution in [1.82, 2.24) is 5.32 Å². The minimum absolute atomic E-state index is 0.0470. The van der Waals surface area contributed by atoms with E-state index in [0.29, 0.717) is 47.6 Å². The standard InChI is InChI=1S/C26H33NO7/c1-7-14(4)34-26(31)21-15(5)27-17-11-13(3)20(25(30)32-6)24(29)23(17)22(21)16-9-10-18(28)19(12-16)33-8-2/h9-10,12-14,20,22,27-28H,7-8,11H2,1-6H3/t13-,14-,20-,22-/m0/s1. The van der Waals surface area contributed by atoms with Gasteiger partial charge in [-0.2, -0.15) is 0 Å². The van der Waals surface area contributed by atoms with Crippen molar-refractivity contribution in [3.63, 3.8) is 0 Å². The van der Waals surface area contributed by atoms with E-state index >= 15 is 0 Å². The molecule has 0 bridgehead atoms. The summed E-state index contributed by atoms with van der Waals surface area (Å²) >= 11 is 0. The van der Waals surface area contributed by atoms with Gasteiger partial charge in [-0.3, -0.25) is 9.59 Å². The highest BCUT2D eigenvalue weighted by Crippen LogP contribution is 2.46. The molecule has 0 unspecified atom stereocenters. The summed E-state index contributed by atoms with van der Waals surface area (Å²) in [6.07, 6.45) is 0.768. The summed E-state index contributed by atoms with van der Waals surface area (Å²) in [7, 11) is 1.26. The van der Waals surface area contributed by atoms with Gasteiger partial charge >= 0.3 is 11.9 Å². The summed E-state index contributed by atoms with van der Waals surface area (Å²) < 4.78 is 16.1. The monoisotopic (exact) mass is 471 g/mol. The topological polar surface area (TPSA) is 111 Å². The Labute approximate surface area is 200 Å². The van der Waals surface area contributed by atoms with Crippen LogP contribution in [0.25, 0.3) is 0 Å². The number of methoxy groups -OCH3 is 1. The number of dihydropyridines is 1. The molecular formula is C26H33NO7. The number of carbonyl (C=O) groups is 3. The number of hydrogen-bond donors (Lipinski definition) is 2. The Kier molecular flexibility index (Phi) is 7.69. The van der Waals surface area contributed by atoms with Gasteiger partial charge in [0.25, 0.3) is 0 Å². The van der Waals surface area contributed by atoms with E-state index in [1.54, 1.807) is 32.9 Å². The van der Waals surface area contributed by atoms with Crippen molar-refractivity contribution >= 4 is 17.7 Å². The van der Waals surface area contributed by atoms with Gasteiger partial charge in [0.1, 0.15) is 5.92 Å². The summed E-state index contributed by atoms with van der Waals surface area (Å²) in [5.74, 6) is -3.36. The molecule has 0 aromatic heterocycles. The molecule has 8 heteroatoms. The summed E-state index contributed by atoms with van der Waals surface area (Å²) in [6.45, 7) is 9.45.